The summed E-state index contributed by atoms with van der Waals surface area (Å²) >= 11 is 1.91. The van der Waals surface area contributed by atoms with Crippen molar-refractivity contribution >= 4 is 11.8 Å². The first-order chi connectivity index (χ1) is 8.15. The van der Waals surface area contributed by atoms with Gasteiger partial charge in [0, 0.05) is 18.3 Å². The fourth-order valence-corrected chi connectivity index (χ4v) is 3.08. The number of rotatable bonds is 4. The van der Waals surface area contributed by atoms with E-state index in [4.69, 9.17) is 0 Å². The van der Waals surface area contributed by atoms with Crippen LogP contribution in [0.1, 0.15) is 43.9 Å². The van der Waals surface area contributed by atoms with Gasteiger partial charge in [-0.3, -0.25) is 0 Å². The van der Waals surface area contributed by atoms with Crippen LogP contribution in [0.5, 0.6) is 0 Å². The molecule has 1 nitrogen and oxygen atoms in total. The van der Waals surface area contributed by atoms with Crippen LogP contribution in [0.4, 0.5) is 0 Å². The van der Waals surface area contributed by atoms with Crippen molar-refractivity contribution in [2.75, 3.05) is 18.6 Å². The molecule has 0 bridgehead atoms. The molecule has 0 amide bonds. The minimum Gasteiger partial charge on any atom is -0.309 e. The largest absolute Gasteiger partial charge is 0.309 e. The van der Waals surface area contributed by atoms with Crippen molar-refractivity contribution in [3.8, 4) is 0 Å². The summed E-state index contributed by atoms with van der Waals surface area (Å²) in [5.74, 6) is 1.20. The van der Waals surface area contributed by atoms with Crippen LogP contribution in [0.3, 0.4) is 0 Å². The van der Waals surface area contributed by atoms with Crippen molar-refractivity contribution < 1.29 is 0 Å². The van der Waals surface area contributed by atoms with E-state index in [2.05, 4.69) is 49.7 Å². The second-order valence-corrected chi connectivity index (χ2v) is 6.49. The van der Waals surface area contributed by atoms with Gasteiger partial charge >= 0.3 is 0 Å². The van der Waals surface area contributed by atoms with Gasteiger partial charge in [-0.15, -0.1) is 0 Å². The molecule has 0 heterocycles. The Bertz CT molecular complexity index is 373. The maximum atomic E-state index is 3.70. The summed E-state index contributed by atoms with van der Waals surface area (Å²) < 4.78 is 0. The van der Waals surface area contributed by atoms with Crippen LogP contribution in [0, 0.1) is 0 Å². The van der Waals surface area contributed by atoms with E-state index in [0.717, 1.165) is 6.54 Å². The molecule has 0 aliphatic heterocycles. The van der Waals surface area contributed by atoms with Gasteiger partial charge in [-0.25, -0.2) is 0 Å². The van der Waals surface area contributed by atoms with Crippen molar-refractivity contribution in [2.24, 2.45) is 0 Å². The highest BCUT2D eigenvalue weighted by Crippen LogP contribution is 2.41. The Morgan fingerprint density at radius 1 is 1.35 bits per heavy atom. The van der Waals surface area contributed by atoms with Gasteiger partial charge in [0.1, 0.15) is 0 Å². The summed E-state index contributed by atoms with van der Waals surface area (Å²) in [7, 11) is 0. The third-order valence-corrected chi connectivity index (χ3v) is 4.43. The average molecular weight is 249 g/mol. The highest BCUT2D eigenvalue weighted by atomic mass is 32.2. The van der Waals surface area contributed by atoms with Gasteiger partial charge in [0.15, 0.2) is 0 Å². The van der Waals surface area contributed by atoms with Crippen LogP contribution in [0.2, 0.25) is 0 Å². The zero-order chi connectivity index (χ0) is 12.3. The molecule has 1 aromatic carbocycles. The third kappa shape index (κ3) is 2.86. The zero-order valence-electron chi connectivity index (χ0n) is 11.1. The maximum Gasteiger partial charge on any atom is 0.0323 e. The summed E-state index contributed by atoms with van der Waals surface area (Å²) in [5, 5.41) is 3.70. The van der Waals surface area contributed by atoms with Gasteiger partial charge in [0.25, 0.3) is 0 Å². The molecule has 0 saturated heterocycles. The van der Waals surface area contributed by atoms with Crippen LogP contribution in [-0.4, -0.2) is 18.6 Å². The second kappa shape index (κ2) is 5.45. The third-order valence-electron chi connectivity index (χ3n) is 3.82. The topological polar surface area (TPSA) is 12.0 Å². The monoisotopic (exact) mass is 249 g/mol. The SMILES string of the molecule is CSCCNC1CCC(C)(C)c2ccccc21. The van der Waals surface area contributed by atoms with Crippen LogP contribution in [0.25, 0.3) is 0 Å². The van der Waals surface area contributed by atoms with E-state index in [1.54, 1.807) is 0 Å². The van der Waals surface area contributed by atoms with Crippen LogP contribution in [0.15, 0.2) is 24.3 Å². The van der Waals surface area contributed by atoms with Crippen molar-refractivity contribution in [3.63, 3.8) is 0 Å². The lowest BCUT2D eigenvalue weighted by Gasteiger charge is -2.37. The second-order valence-electron chi connectivity index (χ2n) is 5.51. The van der Waals surface area contributed by atoms with E-state index in [0.29, 0.717) is 11.5 Å². The predicted octanol–water partition coefficient (Wildman–Crippen LogP) is 3.75. The summed E-state index contributed by atoms with van der Waals surface area (Å²) in [6.07, 6.45) is 4.71. The summed E-state index contributed by atoms with van der Waals surface area (Å²) in [4.78, 5) is 0. The number of hydrogen-bond acceptors (Lipinski definition) is 2. The highest BCUT2D eigenvalue weighted by molar-refractivity contribution is 7.98. The molecule has 1 aliphatic rings. The lowest BCUT2D eigenvalue weighted by Crippen LogP contribution is -2.33. The smallest absolute Gasteiger partial charge is 0.0323 e. The van der Waals surface area contributed by atoms with Gasteiger partial charge in [-0.1, -0.05) is 38.1 Å². The molecule has 1 atom stereocenters. The molecule has 1 N–H and O–H groups in total. The fraction of sp³-hybridized carbons (Fsp3) is 0.600. The molecule has 0 radical (unpaired) electrons. The summed E-state index contributed by atoms with van der Waals surface area (Å²) in [5.41, 5.74) is 3.40. The van der Waals surface area contributed by atoms with Crippen LogP contribution in [-0.2, 0) is 5.41 Å². The van der Waals surface area contributed by atoms with E-state index >= 15 is 0 Å². The van der Waals surface area contributed by atoms with Crippen molar-refractivity contribution in [1.82, 2.24) is 5.32 Å². The standard InChI is InChI=1S/C15H23NS/c1-15(2)9-8-14(16-10-11-17-3)12-6-4-5-7-13(12)15/h4-7,14,16H,8-11H2,1-3H3. The molecule has 1 aliphatic carbocycles. The van der Waals surface area contributed by atoms with E-state index in [9.17, 15) is 0 Å². The highest BCUT2D eigenvalue weighted by Gasteiger charge is 2.31. The van der Waals surface area contributed by atoms with Crippen molar-refractivity contribution in [2.45, 2.75) is 38.1 Å². The Hall–Kier alpha value is -0.470. The lowest BCUT2D eigenvalue weighted by molar-refractivity contribution is 0.363. The Kier molecular flexibility index (Phi) is 4.16. The van der Waals surface area contributed by atoms with Crippen LogP contribution < -0.4 is 5.32 Å². The zero-order valence-corrected chi connectivity index (χ0v) is 11.9. The van der Waals surface area contributed by atoms with Crippen molar-refractivity contribution in [1.29, 1.82) is 0 Å². The number of hydrogen-bond donors (Lipinski definition) is 1. The fourth-order valence-electron chi connectivity index (χ4n) is 2.76. The van der Waals surface area contributed by atoms with Gasteiger partial charge in [0.05, 0.1) is 0 Å². The molecule has 17 heavy (non-hydrogen) atoms. The van der Waals surface area contributed by atoms with E-state index in [-0.39, 0.29) is 0 Å². The summed E-state index contributed by atoms with van der Waals surface area (Å²) in [6, 6.07) is 9.50. The number of fused-ring (bicyclic) bond motifs is 1. The molecule has 0 fully saturated rings. The van der Waals surface area contributed by atoms with Crippen molar-refractivity contribution in [3.05, 3.63) is 35.4 Å². The summed E-state index contributed by atoms with van der Waals surface area (Å²) in [6.45, 7) is 5.84. The molecule has 0 spiro atoms. The molecule has 94 valence electrons. The quantitative estimate of drug-likeness (QED) is 0.816. The predicted molar refractivity (Wildman–Crippen MR) is 77.8 cm³/mol. The first-order valence-electron chi connectivity index (χ1n) is 6.47. The maximum absolute atomic E-state index is 3.70. The van der Waals surface area contributed by atoms with Gasteiger partial charge in [-0.2, -0.15) is 11.8 Å². The number of nitrogens with one attached hydrogen (secondary N) is 1. The van der Waals surface area contributed by atoms with Gasteiger partial charge in [-0.05, 0) is 35.6 Å². The molecule has 2 rings (SSSR count). The molecule has 0 saturated carbocycles. The normalized spacial score (nSPS) is 22.2. The Morgan fingerprint density at radius 2 is 2.12 bits per heavy atom. The average Bonchev–Trinajstić information content (AvgIpc) is 2.33. The molecule has 1 aromatic rings. The first kappa shape index (κ1) is 13.0. The van der Waals surface area contributed by atoms with E-state index in [1.807, 2.05) is 11.8 Å². The van der Waals surface area contributed by atoms with E-state index < -0.39 is 0 Å². The molecule has 1 unspecified atom stereocenters. The number of benzene rings is 1. The lowest BCUT2D eigenvalue weighted by atomic mass is 9.71. The minimum absolute atomic E-state index is 0.342. The van der Waals surface area contributed by atoms with Gasteiger partial charge in [0.2, 0.25) is 0 Å². The minimum atomic E-state index is 0.342. The number of thioether (sulfide) groups is 1. The molecular formula is C15H23NS. The Labute approximate surface area is 109 Å². The molecular weight excluding hydrogens is 226 g/mol. The van der Waals surface area contributed by atoms with Crippen LogP contribution >= 0.6 is 11.8 Å². The Morgan fingerprint density at radius 3 is 2.88 bits per heavy atom. The molecule has 0 aromatic heterocycles. The molecule has 2 heteroatoms. The Balaban J connectivity index is 2.17. The van der Waals surface area contributed by atoms with Gasteiger partial charge < -0.3 is 5.32 Å². The van der Waals surface area contributed by atoms with E-state index in [1.165, 1.54) is 29.7 Å². The first-order valence-corrected chi connectivity index (χ1v) is 7.86.